The van der Waals surface area contributed by atoms with Crippen molar-refractivity contribution in [2.45, 2.75) is 92.4 Å². The van der Waals surface area contributed by atoms with Crippen LogP contribution in [0.1, 0.15) is 6.42 Å². The number of methoxy groups -OCH3 is 1. The third-order valence-electron chi connectivity index (χ3n) is 6.18. The summed E-state index contributed by atoms with van der Waals surface area (Å²) < 4.78 is 32.4. The third-order valence-corrected chi connectivity index (χ3v) is 6.18. The lowest BCUT2D eigenvalue weighted by Gasteiger charge is -2.47. The number of hydrogen-bond acceptors (Lipinski definition) is 15. The van der Waals surface area contributed by atoms with E-state index in [1.165, 1.54) is 7.11 Å². The van der Waals surface area contributed by atoms with Crippen molar-refractivity contribution in [3.05, 3.63) is 0 Å². The Labute approximate surface area is 194 Å². The minimum absolute atomic E-state index is 0.209. The molecule has 3 aliphatic rings. The maximum Gasteiger partial charge on any atom is 0.187 e. The molecule has 14 atom stereocenters. The van der Waals surface area contributed by atoms with E-state index in [9.17, 15) is 46.0 Å². The van der Waals surface area contributed by atoms with E-state index < -0.39 is 106 Å². The Morgan fingerprint density at radius 3 is 1.71 bits per heavy atom. The van der Waals surface area contributed by atoms with Gasteiger partial charge in [0.15, 0.2) is 18.9 Å². The summed E-state index contributed by atoms with van der Waals surface area (Å²) in [6, 6.07) is 0. The van der Waals surface area contributed by atoms with Crippen LogP contribution in [0.4, 0.5) is 0 Å². The fourth-order valence-electron chi connectivity index (χ4n) is 4.18. The molecule has 0 aromatic carbocycles. The van der Waals surface area contributed by atoms with Gasteiger partial charge in [-0.25, -0.2) is 0 Å². The number of rotatable bonds is 8. The first-order valence-corrected chi connectivity index (χ1v) is 10.9. The highest BCUT2D eigenvalue weighted by atomic mass is 16.8. The lowest BCUT2D eigenvalue weighted by Crippen LogP contribution is -2.65. The summed E-state index contributed by atoms with van der Waals surface area (Å²) in [4.78, 5) is 0. The van der Waals surface area contributed by atoms with Gasteiger partial charge in [-0.15, -0.1) is 0 Å². The number of aliphatic hydroxyl groups is 9. The molecular weight excluding hydrogens is 468 g/mol. The molecule has 0 bridgehead atoms. The highest BCUT2D eigenvalue weighted by Gasteiger charge is 2.52. The average Bonchev–Trinajstić information content (AvgIpc) is 2.82. The highest BCUT2D eigenvalue weighted by Crippen LogP contribution is 2.32. The predicted octanol–water partition coefficient (Wildman–Crippen LogP) is -5.89. The standard InChI is InChI=1S/C19H34O15/c1-29-19-16(13(27)11(25)9(4-21)32-19)34-18-14(28)15(12(26)10(5-22)31-18)33-17-7(24)2-6(23)8(3-20)30-17/h6-28H,2-5H2,1H3/t6-,7+,8+,9+,10+,11+,12+,13-,14-,15-,16-,17+,18+,19-/m0/s1. The highest BCUT2D eigenvalue weighted by molar-refractivity contribution is 4.95. The van der Waals surface area contributed by atoms with E-state index in [-0.39, 0.29) is 6.42 Å². The zero-order valence-electron chi connectivity index (χ0n) is 18.4. The molecule has 0 radical (unpaired) electrons. The minimum atomic E-state index is -1.77. The molecule has 0 unspecified atom stereocenters. The Hall–Kier alpha value is -0.600. The molecule has 3 saturated heterocycles. The van der Waals surface area contributed by atoms with Crippen LogP contribution in [-0.2, 0) is 28.4 Å². The molecule has 200 valence electrons. The molecule has 3 heterocycles. The normalized spacial score (nSPS) is 50.3. The van der Waals surface area contributed by atoms with E-state index in [0.717, 1.165) is 0 Å². The molecule has 0 saturated carbocycles. The van der Waals surface area contributed by atoms with Gasteiger partial charge < -0.3 is 74.4 Å². The summed E-state index contributed by atoms with van der Waals surface area (Å²) in [6.07, 6.45) is -20.3. The fourth-order valence-corrected chi connectivity index (χ4v) is 4.18. The van der Waals surface area contributed by atoms with Crippen molar-refractivity contribution in [3.63, 3.8) is 0 Å². The molecule has 34 heavy (non-hydrogen) atoms. The zero-order chi connectivity index (χ0) is 25.2. The summed E-state index contributed by atoms with van der Waals surface area (Å²) in [6.45, 7) is -1.92. The summed E-state index contributed by atoms with van der Waals surface area (Å²) in [7, 11) is 1.22. The van der Waals surface area contributed by atoms with E-state index in [1.54, 1.807) is 0 Å². The second-order valence-electron chi connectivity index (χ2n) is 8.45. The van der Waals surface area contributed by atoms with Crippen molar-refractivity contribution in [2.24, 2.45) is 0 Å². The quantitative estimate of drug-likeness (QED) is 0.150. The van der Waals surface area contributed by atoms with Crippen LogP contribution >= 0.6 is 0 Å². The van der Waals surface area contributed by atoms with Gasteiger partial charge in [0.1, 0.15) is 61.0 Å². The van der Waals surface area contributed by atoms with Crippen molar-refractivity contribution in [3.8, 4) is 0 Å². The Balaban J connectivity index is 1.76. The van der Waals surface area contributed by atoms with Crippen LogP contribution < -0.4 is 0 Å². The summed E-state index contributed by atoms with van der Waals surface area (Å²) >= 11 is 0. The van der Waals surface area contributed by atoms with Crippen LogP contribution in [0, 0.1) is 0 Å². The topological polar surface area (TPSA) is 237 Å². The fraction of sp³-hybridized carbons (Fsp3) is 1.00. The van der Waals surface area contributed by atoms with Crippen molar-refractivity contribution in [2.75, 3.05) is 26.9 Å². The second kappa shape index (κ2) is 12.1. The SMILES string of the molecule is CO[C@H]1O[C@H](CO)[C@@H](O)[C@H](O)[C@@H]1O[C@H]1O[C@H](CO)[C@@H](O)[C@H](O[C@H]2O[C@H](CO)[C@@H](O)C[C@H]2O)[C@@H]1O. The molecule has 0 aromatic rings. The van der Waals surface area contributed by atoms with Gasteiger partial charge in [-0.05, 0) is 0 Å². The summed E-state index contributed by atoms with van der Waals surface area (Å²) in [5.74, 6) is 0. The van der Waals surface area contributed by atoms with E-state index in [0.29, 0.717) is 0 Å². The van der Waals surface area contributed by atoms with Gasteiger partial charge in [0.05, 0.1) is 25.9 Å². The van der Waals surface area contributed by atoms with E-state index >= 15 is 0 Å². The second-order valence-corrected chi connectivity index (χ2v) is 8.45. The molecule has 15 nitrogen and oxygen atoms in total. The van der Waals surface area contributed by atoms with Gasteiger partial charge in [-0.1, -0.05) is 0 Å². The molecule has 15 heteroatoms. The van der Waals surface area contributed by atoms with Crippen LogP contribution in [-0.4, -0.2) is 159 Å². The molecular formula is C19H34O15. The Morgan fingerprint density at radius 2 is 1.12 bits per heavy atom. The molecule has 9 N–H and O–H groups in total. The van der Waals surface area contributed by atoms with E-state index in [4.69, 9.17) is 28.4 Å². The molecule has 0 spiro atoms. The largest absolute Gasteiger partial charge is 0.394 e. The van der Waals surface area contributed by atoms with Gasteiger partial charge >= 0.3 is 0 Å². The van der Waals surface area contributed by atoms with Gasteiger partial charge in [0.25, 0.3) is 0 Å². The van der Waals surface area contributed by atoms with Crippen LogP contribution in [0.3, 0.4) is 0 Å². The molecule has 3 fully saturated rings. The lowest BCUT2D eigenvalue weighted by atomic mass is 9.96. The Morgan fingerprint density at radius 1 is 0.588 bits per heavy atom. The molecule has 0 aromatic heterocycles. The van der Waals surface area contributed by atoms with E-state index in [2.05, 4.69) is 0 Å². The monoisotopic (exact) mass is 502 g/mol. The molecule has 0 amide bonds. The van der Waals surface area contributed by atoms with Gasteiger partial charge in [-0.3, -0.25) is 0 Å². The maximum atomic E-state index is 10.8. The number of aliphatic hydroxyl groups excluding tert-OH is 9. The third kappa shape index (κ3) is 5.69. The first-order valence-electron chi connectivity index (χ1n) is 10.9. The van der Waals surface area contributed by atoms with Gasteiger partial charge in [0, 0.05) is 13.5 Å². The van der Waals surface area contributed by atoms with Gasteiger partial charge in [0.2, 0.25) is 0 Å². The van der Waals surface area contributed by atoms with Gasteiger partial charge in [-0.2, -0.15) is 0 Å². The number of hydrogen-bond donors (Lipinski definition) is 9. The van der Waals surface area contributed by atoms with Crippen LogP contribution in [0.15, 0.2) is 0 Å². The first kappa shape index (κ1) is 28.0. The predicted molar refractivity (Wildman–Crippen MR) is 105 cm³/mol. The van der Waals surface area contributed by atoms with Crippen molar-refractivity contribution in [1.82, 2.24) is 0 Å². The van der Waals surface area contributed by atoms with Crippen molar-refractivity contribution < 1.29 is 74.4 Å². The summed E-state index contributed by atoms with van der Waals surface area (Å²) in [5, 5.41) is 90.3. The van der Waals surface area contributed by atoms with Crippen LogP contribution in [0.2, 0.25) is 0 Å². The van der Waals surface area contributed by atoms with Crippen molar-refractivity contribution in [1.29, 1.82) is 0 Å². The van der Waals surface area contributed by atoms with Crippen LogP contribution in [0.25, 0.3) is 0 Å². The maximum absolute atomic E-state index is 10.8. The minimum Gasteiger partial charge on any atom is -0.394 e. The van der Waals surface area contributed by atoms with Crippen LogP contribution in [0.5, 0.6) is 0 Å². The zero-order valence-corrected chi connectivity index (χ0v) is 18.4. The molecule has 0 aliphatic carbocycles. The molecule has 3 aliphatic heterocycles. The summed E-state index contributed by atoms with van der Waals surface area (Å²) in [5.41, 5.74) is 0. The smallest absolute Gasteiger partial charge is 0.187 e. The lowest BCUT2D eigenvalue weighted by molar-refractivity contribution is -0.380. The molecule has 3 rings (SSSR count). The Kier molecular flexibility index (Phi) is 9.95. The first-order chi connectivity index (χ1) is 16.2. The van der Waals surface area contributed by atoms with E-state index in [1.807, 2.05) is 0 Å². The number of ether oxygens (including phenoxy) is 6. The Bertz CT molecular complexity index is 625. The van der Waals surface area contributed by atoms with Crippen molar-refractivity contribution >= 4 is 0 Å². The average molecular weight is 502 g/mol.